The second-order valence-electron chi connectivity index (χ2n) is 6.14. The molecule has 3 heteroatoms. The molecule has 0 atom stereocenters. The molecule has 2 aromatic rings. The van der Waals surface area contributed by atoms with Crippen LogP contribution in [0.15, 0.2) is 34.4 Å². The van der Waals surface area contributed by atoms with E-state index in [9.17, 15) is 4.79 Å². The Kier molecular flexibility index (Phi) is 4.81. The van der Waals surface area contributed by atoms with Crippen molar-refractivity contribution >= 4 is 27.1 Å². The molecule has 0 aliphatic rings. The third-order valence-corrected chi connectivity index (χ3v) is 4.12. The first kappa shape index (κ1) is 15.0. The van der Waals surface area contributed by atoms with Gasteiger partial charge in [0.1, 0.15) is 0 Å². The summed E-state index contributed by atoms with van der Waals surface area (Å²) in [6.45, 7) is 10.6. The molecule has 0 aliphatic heterocycles. The fourth-order valence-corrected chi connectivity index (χ4v) is 3.38. The molecule has 0 aliphatic carbocycles. The van der Waals surface area contributed by atoms with E-state index in [1.54, 1.807) is 11.3 Å². The Morgan fingerprint density at radius 3 is 2.25 bits per heavy atom. The first-order chi connectivity index (χ1) is 9.49. The molecule has 0 bridgehead atoms. The predicted octanol–water partition coefficient (Wildman–Crippen LogP) is 4.38. The maximum absolute atomic E-state index is 12.7. The van der Waals surface area contributed by atoms with Gasteiger partial charge in [-0.1, -0.05) is 39.8 Å². The number of hydrogen-bond donors (Lipinski definition) is 0. The molecule has 0 spiro atoms. The van der Waals surface area contributed by atoms with Gasteiger partial charge in [0.15, 0.2) is 0 Å². The minimum atomic E-state index is 0.167. The highest BCUT2D eigenvalue weighted by atomic mass is 32.1. The Morgan fingerprint density at radius 2 is 1.65 bits per heavy atom. The van der Waals surface area contributed by atoms with Crippen LogP contribution in [0.2, 0.25) is 0 Å². The van der Waals surface area contributed by atoms with E-state index < -0.39 is 0 Å². The predicted molar refractivity (Wildman–Crippen MR) is 90.0 cm³/mol. The molecule has 0 amide bonds. The Hall–Kier alpha value is -1.35. The highest BCUT2D eigenvalue weighted by molar-refractivity contribution is 7.16. The van der Waals surface area contributed by atoms with Crippen LogP contribution in [0.5, 0.6) is 0 Å². The van der Waals surface area contributed by atoms with Crippen molar-refractivity contribution in [1.82, 2.24) is 0 Å². The van der Waals surface area contributed by atoms with Crippen molar-refractivity contribution in [2.24, 2.45) is 11.8 Å². The summed E-state index contributed by atoms with van der Waals surface area (Å²) >= 11 is 1.66. The second kappa shape index (κ2) is 6.40. The van der Waals surface area contributed by atoms with Gasteiger partial charge in [-0.2, -0.15) is 0 Å². The van der Waals surface area contributed by atoms with Crippen LogP contribution in [0.4, 0.5) is 5.69 Å². The van der Waals surface area contributed by atoms with Crippen molar-refractivity contribution in [2.45, 2.75) is 27.7 Å². The standard InChI is InChI=1S/C17H23NOS/c1-12(2)9-18(10-13(3)4)15-11-20-16-8-6-5-7-14(16)17(15)19/h5-8,11-13H,9-10H2,1-4H3. The van der Waals surface area contributed by atoms with Crippen molar-refractivity contribution in [3.8, 4) is 0 Å². The van der Waals surface area contributed by atoms with E-state index in [-0.39, 0.29) is 5.43 Å². The van der Waals surface area contributed by atoms with E-state index in [4.69, 9.17) is 0 Å². The summed E-state index contributed by atoms with van der Waals surface area (Å²) in [6, 6.07) is 7.87. The van der Waals surface area contributed by atoms with Crippen LogP contribution in [-0.4, -0.2) is 13.1 Å². The lowest BCUT2D eigenvalue weighted by Gasteiger charge is -2.27. The molecule has 0 saturated heterocycles. The average Bonchev–Trinajstić information content (AvgIpc) is 2.37. The number of nitrogens with zero attached hydrogens (tertiary/aromatic N) is 1. The lowest BCUT2D eigenvalue weighted by Crippen LogP contribution is -2.34. The van der Waals surface area contributed by atoms with Gasteiger partial charge in [0.2, 0.25) is 5.43 Å². The third kappa shape index (κ3) is 3.40. The summed E-state index contributed by atoms with van der Waals surface area (Å²) in [5, 5.41) is 2.86. The van der Waals surface area contributed by atoms with Gasteiger partial charge < -0.3 is 4.90 Å². The van der Waals surface area contributed by atoms with E-state index in [1.807, 2.05) is 29.6 Å². The van der Waals surface area contributed by atoms with E-state index in [1.165, 1.54) is 0 Å². The SMILES string of the molecule is CC(C)CN(CC(C)C)c1csc2ccccc2c1=O. The minimum absolute atomic E-state index is 0.167. The topological polar surface area (TPSA) is 20.3 Å². The van der Waals surface area contributed by atoms with Gasteiger partial charge in [-0.3, -0.25) is 4.79 Å². The minimum Gasteiger partial charge on any atom is -0.367 e. The summed E-state index contributed by atoms with van der Waals surface area (Å²) in [5.74, 6) is 1.09. The summed E-state index contributed by atoms with van der Waals surface area (Å²) in [5.41, 5.74) is 1.02. The Labute approximate surface area is 125 Å². The van der Waals surface area contributed by atoms with E-state index in [0.717, 1.165) is 28.9 Å². The first-order valence-corrected chi connectivity index (χ1v) is 8.12. The van der Waals surface area contributed by atoms with Crippen molar-refractivity contribution in [3.05, 3.63) is 39.9 Å². The Balaban J connectivity index is 2.47. The largest absolute Gasteiger partial charge is 0.367 e. The van der Waals surface area contributed by atoms with Crippen molar-refractivity contribution in [3.63, 3.8) is 0 Å². The van der Waals surface area contributed by atoms with Crippen LogP contribution in [0.1, 0.15) is 27.7 Å². The summed E-state index contributed by atoms with van der Waals surface area (Å²) < 4.78 is 1.07. The zero-order valence-corrected chi connectivity index (χ0v) is 13.5. The van der Waals surface area contributed by atoms with Gasteiger partial charge in [-0.15, -0.1) is 11.3 Å². The molecule has 1 aromatic heterocycles. The van der Waals surface area contributed by atoms with Crippen LogP contribution in [-0.2, 0) is 0 Å². The molecule has 0 radical (unpaired) electrons. The molecule has 0 unspecified atom stereocenters. The highest BCUT2D eigenvalue weighted by Crippen LogP contribution is 2.22. The quantitative estimate of drug-likeness (QED) is 0.814. The van der Waals surface area contributed by atoms with E-state index in [2.05, 4.69) is 32.6 Å². The average molecular weight is 289 g/mol. The molecular weight excluding hydrogens is 266 g/mol. The van der Waals surface area contributed by atoms with Crippen molar-refractivity contribution in [2.75, 3.05) is 18.0 Å². The van der Waals surface area contributed by atoms with E-state index in [0.29, 0.717) is 11.8 Å². The highest BCUT2D eigenvalue weighted by Gasteiger charge is 2.15. The monoisotopic (exact) mass is 289 g/mol. The zero-order valence-electron chi connectivity index (χ0n) is 12.7. The summed E-state index contributed by atoms with van der Waals surface area (Å²) in [7, 11) is 0. The van der Waals surface area contributed by atoms with Gasteiger partial charge in [-0.05, 0) is 24.0 Å². The number of benzene rings is 1. The molecule has 2 rings (SSSR count). The molecule has 108 valence electrons. The van der Waals surface area contributed by atoms with Crippen molar-refractivity contribution < 1.29 is 0 Å². The number of fused-ring (bicyclic) bond motifs is 1. The molecule has 1 heterocycles. The van der Waals surface area contributed by atoms with Crippen LogP contribution >= 0.6 is 11.3 Å². The molecule has 2 nitrogen and oxygen atoms in total. The molecule has 0 saturated carbocycles. The fraction of sp³-hybridized carbons (Fsp3) is 0.471. The summed E-state index contributed by atoms with van der Waals surface area (Å²) in [4.78, 5) is 14.9. The van der Waals surface area contributed by atoms with Crippen LogP contribution < -0.4 is 10.3 Å². The second-order valence-corrected chi connectivity index (χ2v) is 7.05. The van der Waals surface area contributed by atoms with Crippen LogP contribution in [0.3, 0.4) is 0 Å². The number of anilines is 1. The normalized spacial score (nSPS) is 11.5. The first-order valence-electron chi connectivity index (χ1n) is 7.24. The Morgan fingerprint density at radius 1 is 1.05 bits per heavy atom. The lowest BCUT2D eigenvalue weighted by atomic mass is 10.1. The maximum atomic E-state index is 12.7. The summed E-state index contributed by atoms with van der Waals surface area (Å²) in [6.07, 6.45) is 0. The fourth-order valence-electron chi connectivity index (χ4n) is 2.44. The molecule has 1 aromatic carbocycles. The number of hydrogen-bond acceptors (Lipinski definition) is 3. The lowest BCUT2D eigenvalue weighted by molar-refractivity contribution is 0.552. The van der Waals surface area contributed by atoms with Gasteiger partial charge in [0.05, 0.1) is 5.69 Å². The number of rotatable bonds is 5. The van der Waals surface area contributed by atoms with Crippen molar-refractivity contribution in [1.29, 1.82) is 0 Å². The third-order valence-electron chi connectivity index (χ3n) is 3.17. The van der Waals surface area contributed by atoms with Crippen LogP contribution in [0, 0.1) is 11.8 Å². The zero-order chi connectivity index (χ0) is 14.7. The molecular formula is C17H23NOS. The van der Waals surface area contributed by atoms with Crippen LogP contribution in [0.25, 0.3) is 10.1 Å². The maximum Gasteiger partial charge on any atom is 0.211 e. The molecule has 20 heavy (non-hydrogen) atoms. The smallest absolute Gasteiger partial charge is 0.211 e. The van der Waals surface area contributed by atoms with Gasteiger partial charge in [-0.25, -0.2) is 0 Å². The molecule has 0 fully saturated rings. The molecule has 0 N–H and O–H groups in total. The Bertz CT molecular complexity index is 620. The van der Waals surface area contributed by atoms with Gasteiger partial charge in [0.25, 0.3) is 0 Å². The van der Waals surface area contributed by atoms with E-state index >= 15 is 0 Å². The van der Waals surface area contributed by atoms with Gasteiger partial charge in [0, 0.05) is 28.6 Å². The van der Waals surface area contributed by atoms with Gasteiger partial charge >= 0.3 is 0 Å².